The number of ketones is 1. The minimum absolute atomic E-state index is 0.000467. The molecule has 0 saturated carbocycles. The van der Waals surface area contributed by atoms with Crippen LogP contribution in [0.1, 0.15) is 47.4 Å². The van der Waals surface area contributed by atoms with E-state index >= 15 is 0 Å². The number of esters is 1. The molecule has 1 unspecified atom stereocenters. The van der Waals surface area contributed by atoms with E-state index in [1.807, 2.05) is 0 Å². The number of fused-ring (bicyclic) bond motifs is 3. The standard InChI is InChI=1S/C23H20F2N2O5/c1-13(2)26-21(30)16-5-3-4-6-18(16)27-20(29)9-10-23(26,27)22(31)32-12-19(28)15-8-7-14(24)11-17(15)25/h3-8,11,13H,9-10,12H2,1-2H3. The molecule has 0 radical (unpaired) electrons. The number of amides is 2. The number of ether oxygens (including phenoxy) is 1. The number of nitrogens with zero attached hydrogens (tertiary/aromatic N) is 2. The van der Waals surface area contributed by atoms with Gasteiger partial charge in [0.15, 0.2) is 6.61 Å². The van der Waals surface area contributed by atoms with Crippen LogP contribution < -0.4 is 4.90 Å². The molecule has 0 spiro atoms. The van der Waals surface area contributed by atoms with Crippen molar-refractivity contribution in [3.8, 4) is 0 Å². The van der Waals surface area contributed by atoms with Crippen LogP contribution in [0.25, 0.3) is 0 Å². The van der Waals surface area contributed by atoms with Crippen molar-refractivity contribution in [2.45, 2.75) is 38.4 Å². The maximum atomic E-state index is 13.9. The molecule has 2 aliphatic heterocycles. The quantitative estimate of drug-likeness (QED) is 0.525. The van der Waals surface area contributed by atoms with Crippen molar-refractivity contribution in [1.29, 1.82) is 0 Å². The van der Waals surface area contributed by atoms with E-state index in [4.69, 9.17) is 4.74 Å². The first kappa shape index (κ1) is 21.6. The summed E-state index contributed by atoms with van der Waals surface area (Å²) in [5, 5.41) is 0. The zero-order valence-corrected chi connectivity index (χ0v) is 17.4. The molecule has 0 aliphatic carbocycles. The topological polar surface area (TPSA) is 84.0 Å². The summed E-state index contributed by atoms with van der Waals surface area (Å²) in [7, 11) is 0. The normalized spacial score (nSPS) is 19.8. The van der Waals surface area contributed by atoms with Crippen LogP contribution in [-0.4, -0.2) is 46.8 Å². The molecule has 32 heavy (non-hydrogen) atoms. The lowest BCUT2D eigenvalue weighted by Gasteiger charge is -2.50. The summed E-state index contributed by atoms with van der Waals surface area (Å²) in [6.45, 7) is 2.59. The highest BCUT2D eigenvalue weighted by atomic mass is 19.1. The highest BCUT2D eigenvalue weighted by Crippen LogP contribution is 2.45. The Hall–Kier alpha value is -3.62. The zero-order valence-electron chi connectivity index (χ0n) is 17.4. The Morgan fingerprint density at radius 3 is 2.53 bits per heavy atom. The third-order valence-corrected chi connectivity index (χ3v) is 5.71. The van der Waals surface area contributed by atoms with Gasteiger partial charge in [0, 0.05) is 24.9 Å². The average molecular weight is 442 g/mol. The molecule has 7 nitrogen and oxygen atoms in total. The van der Waals surface area contributed by atoms with E-state index in [2.05, 4.69) is 0 Å². The summed E-state index contributed by atoms with van der Waals surface area (Å²) in [5.41, 5.74) is -1.60. The van der Waals surface area contributed by atoms with Crippen LogP contribution in [0.15, 0.2) is 42.5 Å². The number of anilines is 1. The van der Waals surface area contributed by atoms with Gasteiger partial charge in [0.25, 0.3) is 5.91 Å². The molecule has 2 aliphatic rings. The van der Waals surface area contributed by atoms with Gasteiger partial charge in [0.1, 0.15) is 11.6 Å². The first-order valence-corrected chi connectivity index (χ1v) is 10.1. The molecule has 9 heteroatoms. The summed E-state index contributed by atoms with van der Waals surface area (Å²) >= 11 is 0. The SMILES string of the molecule is CC(C)N1C(=O)c2ccccc2N2C(=O)CCC21C(=O)OCC(=O)c1ccc(F)cc1F. The minimum Gasteiger partial charge on any atom is -0.454 e. The van der Waals surface area contributed by atoms with Crippen LogP contribution >= 0.6 is 0 Å². The van der Waals surface area contributed by atoms with Crippen molar-refractivity contribution in [2.24, 2.45) is 0 Å². The fourth-order valence-electron chi connectivity index (χ4n) is 4.41. The second-order valence-corrected chi connectivity index (χ2v) is 7.96. The van der Waals surface area contributed by atoms with Crippen LogP contribution in [0.2, 0.25) is 0 Å². The number of rotatable bonds is 5. The van der Waals surface area contributed by atoms with E-state index in [-0.39, 0.29) is 24.3 Å². The Labute approximate surface area is 182 Å². The van der Waals surface area contributed by atoms with Gasteiger partial charge in [-0.3, -0.25) is 19.3 Å². The molecule has 2 aromatic carbocycles. The molecule has 2 heterocycles. The van der Waals surface area contributed by atoms with E-state index in [1.165, 1.54) is 9.80 Å². The largest absolute Gasteiger partial charge is 0.454 e. The van der Waals surface area contributed by atoms with E-state index in [0.29, 0.717) is 11.8 Å². The number of Topliss-reactive ketones (excluding diaryl/α,β-unsaturated/α-hetero) is 1. The zero-order chi connectivity index (χ0) is 23.2. The van der Waals surface area contributed by atoms with Crippen LogP contribution in [-0.2, 0) is 14.3 Å². The van der Waals surface area contributed by atoms with Gasteiger partial charge in [0.05, 0.1) is 16.8 Å². The first-order valence-electron chi connectivity index (χ1n) is 10.1. The second-order valence-electron chi connectivity index (χ2n) is 7.96. The fourth-order valence-corrected chi connectivity index (χ4v) is 4.41. The van der Waals surface area contributed by atoms with Gasteiger partial charge in [-0.15, -0.1) is 0 Å². The smallest absolute Gasteiger partial charge is 0.354 e. The number of benzene rings is 2. The van der Waals surface area contributed by atoms with Gasteiger partial charge >= 0.3 is 5.97 Å². The molecule has 166 valence electrons. The second kappa shape index (κ2) is 7.81. The lowest BCUT2D eigenvalue weighted by molar-refractivity contribution is -0.157. The number of para-hydroxylation sites is 1. The molecule has 2 amide bonds. The first-order chi connectivity index (χ1) is 15.2. The van der Waals surface area contributed by atoms with Crippen molar-refractivity contribution in [3.05, 3.63) is 65.2 Å². The average Bonchev–Trinajstić information content (AvgIpc) is 3.09. The Kier molecular flexibility index (Phi) is 5.28. The van der Waals surface area contributed by atoms with Gasteiger partial charge < -0.3 is 9.64 Å². The number of hydrogen-bond donors (Lipinski definition) is 0. The third-order valence-electron chi connectivity index (χ3n) is 5.71. The predicted molar refractivity (Wildman–Crippen MR) is 109 cm³/mol. The molecule has 0 N–H and O–H groups in total. The minimum atomic E-state index is -1.75. The number of carbonyl (C=O) groups excluding carboxylic acids is 4. The van der Waals surface area contributed by atoms with Gasteiger partial charge in [-0.25, -0.2) is 13.6 Å². The molecule has 2 aromatic rings. The summed E-state index contributed by atoms with van der Waals surface area (Å²) in [5.74, 6) is -4.55. The maximum absolute atomic E-state index is 13.9. The fraction of sp³-hybridized carbons (Fsp3) is 0.304. The Morgan fingerprint density at radius 2 is 1.84 bits per heavy atom. The summed E-state index contributed by atoms with van der Waals surface area (Å²) in [6, 6.07) is 8.45. The number of carbonyl (C=O) groups is 4. The summed E-state index contributed by atoms with van der Waals surface area (Å²) < 4.78 is 32.3. The van der Waals surface area contributed by atoms with E-state index in [9.17, 15) is 28.0 Å². The van der Waals surface area contributed by atoms with Gasteiger partial charge in [-0.1, -0.05) is 12.1 Å². The molecular formula is C23H20F2N2O5. The van der Waals surface area contributed by atoms with E-state index < -0.39 is 53.2 Å². The van der Waals surface area contributed by atoms with Crippen molar-refractivity contribution in [2.75, 3.05) is 11.5 Å². The van der Waals surface area contributed by atoms with Crippen molar-refractivity contribution < 1.29 is 32.7 Å². The maximum Gasteiger partial charge on any atom is 0.354 e. The molecular weight excluding hydrogens is 422 g/mol. The summed E-state index contributed by atoms with van der Waals surface area (Å²) in [6.07, 6.45) is -0.0114. The van der Waals surface area contributed by atoms with E-state index in [0.717, 1.165) is 12.1 Å². The Morgan fingerprint density at radius 1 is 1.12 bits per heavy atom. The van der Waals surface area contributed by atoms with Crippen LogP contribution in [0.4, 0.5) is 14.5 Å². The molecule has 1 atom stereocenters. The number of halogens is 2. The highest BCUT2D eigenvalue weighted by Gasteiger charge is 2.62. The van der Waals surface area contributed by atoms with Gasteiger partial charge in [-0.05, 0) is 38.1 Å². The monoisotopic (exact) mass is 442 g/mol. The highest BCUT2D eigenvalue weighted by molar-refractivity contribution is 6.15. The van der Waals surface area contributed by atoms with Crippen LogP contribution in [0.3, 0.4) is 0 Å². The molecule has 0 bridgehead atoms. The molecule has 1 saturated heterocycles. The van der Waals surface area contributed by atoms with E-state index in [1.54, 1.807) is 38.1 Å². The molecule has 4 rings (SSSR count). The lowest BCUT2D eigenvalue weighted by Crippen LogP contribution is -2.70. The summed E-state index contributed by atoms with van der Waals surface area (Å²) in [4.78, 5) is 54.4. The van der Waals surface area contributed by atoms with Crippen LogP contribution in [0, 0.1) is 11.6 Å². The lowest BCUT2D eigenvalue weighted by atomic mass is 9.95. The molecule has 0 aromatic heterocycles. The predicted octanol–water partition coefficient (Wildman–Crippen LogP) is 3.08. The van der Waals surface area contributed by atoms with Crippen molar-refractivity contribution in [3.63, 3.8) is 0 Å². The van der Waals surface area contributed by atoms with Crippen LogP contribution in [0.5, 0.6) is 0 Å². The van der Waals surface area contributed by atoms with Crippen molar-refractivity contribution in [1.82, 2.24) is 4.90 Å². The van der Waals surface area contributed by atoms with Crippen molar-refractivity contribution >= 4 is 29.3 Å². The Bertz CT molecular complexity index is 1150. The Balaban J connectivity index is 1.69. The number of hydrogen-bond acceptors (Lipinski definition) is 5. The van der Waals surface area contributed by atoms with Gasteiger partial charge in [0.2, 0.25) is 17.4 Å². The molecule has 1 fully saturated rings. The van der Waals surface area contributed by atoms with Gasteiger partial charge in [-0.2, -0.15) is 0 Å². The third kappa shape index (κ3) is 3.16.